The van der Waals surface area contributed by atoms with Gasteiger partial charge in [0.15, 0.2) is 0 Å². The van der Waals surface area contributed by atoms with Crippen molar-refractivity contribution in [1.29, 1.82) is 0 Å². The van der Waals surface area contributed by atoms with Crippen LogP contribution in [-0.2, 0) is 0 Å². The van der Waals surface area contributed by atoms with Gasteiger partial charge in [-0.2, -0.15) is 0 Å². The number of nitrogens with two attached hydrogens (primary N) is 1. The minimum atomic E-state index is -0.697. The number of pyridine rings is 2. The molecule has 0 atom stereocenters. The van der Waals surface area contributed by atoms with Gasteiger partial charge in [-0.3, -0.25) is 9.97 Å². The largest absolute Gasteiger partial charge is 0.388 e. The molecule has 3 N–H and O–H groups in total. The fourth-order valence-corrected chi connectivity index (χ4v) is 2.62. The Morgan fingerprint density at radius 2 is 2.05 bits per heavy atom. The van der Waals surface area contributed by atoms with Crippen molar-refractivity contribution in [2.45, 2.75) is 18.4 Å². The van der Waals surface area contributed by atoms with Gasteiger partial charge in [-0.1, -0.05) is 0 Å². The zero-order valence-corrected chi connectivity index (χ0v) is 10.8. The molecule has 2 aromatic heterocycles. The highest BCUT2D eigenvalue weighted by molar-refractivity contribution is 5.90. The summed E-state index contributed by atoms with van der Waals surface area (Å²) in [5.41, 5.74) is 7.01. The van der Waals surface area contributed by atoms with E-state index in [1.807, 2.05) is 24.5 Å². The average molecular weight is 258 g/mol. The lowest BCUT2D eigenvalue weighted by Crippen LogP contribution is -2.48. The molecule has 1 aliphatic rings. The van der Waals surface area contributed by atoms with Crippen LogP contribution in [0.1, 0.15) is 12.8 Å². The Balaban J connectivity index is 1.90. The van der Waals surface area contributed by atoms with Gasteiger partial charge in [0, 0.05) is 49.3 Å². The van der Waals surface area contributed by atoms with Crippen molar-refractivity contribution in [2.24, 2.45) is 5.73 Å². The number of aliphatic hydroxyl groups is 1. The van der Waals surface area contributed by atoms with Crippen molar-refractivity contribution in [1.82, 2.24) is 9.97 Å². The Hall–Kier alpha value is -1.72. The third-order valence-electron chi connectivity index (χ3n) is 3.93. The van der Waals surface area contributed by atoms with Crippen LogP contribution in [-0.4, -0.2) is 40.3 Å². The number of piperidine rings is 1. The lowest BCUT2D eigenvalue weighted by atomic mass is 9.91. The van der Waals surface area contributed by atoms with E-state index in [1.165, 1.54) is 0 Å². The molecule has 0 unspecified atom stereocenters. The molecule has 1 aliphatic heterocycles. The van der Waals surface area contributed by atoms with Gasteiger partial charge in [-0.25, -0.2) is 0 Å². The molecule has 100 valence electrons. The summed E-state index contributed by atoms with van der Waals surface area (Å²) in [6.07, 6.45) is 6.83. The summed E-state index contributed by atoms with van der Waals surface area (Å²) in [6, 6.07) is 3.93. The minimum absolute atomic E-state index is 0.333. The Bertz CT molecular complexity index is 573. The van der Waals surface area contributed by atoms with Gasteiger partial charge in [-0.05, 0) is 25.0 Å². The second-order valence-corrected chi connectivity index (χ2v) is 5.14. The first-order valence-electron chi connectivity index (χ1n) is 6.58. The third-order valence-corrected chi connectivity index (χ3v) is 3.93. The molecule has 5 heteroatoms. The lowest BCUT2D eigenvalue weighted by Gasteiger charge is -2.38. The first-order valence-corrected chi connectivity index (χ1v) is 6.58. The summed E-state index contributed by atoms with van der Waals surface area (Å²) in [5.74, 6) is 0. The summed E-state index contributed by atoms with van der Waals surface area (Å²) in [6.45, 7) is 1.95. The quantitative estimate of drug-likeness (QED) is 0.837. The Labute approximate surface area is 112 Å². The fraction of sp³-hybridized carbons (Fsp3) is 0.429. The zero-order valence-electron chi connectivity index (χ0n) is 10.8. The van der Waals surface area contributed by atoms with Gasteiger partial charge in [0.05, 0.1) is 11.1 Å². The van der Waals surface area contributed by atoms with Crippen LogP contribution in [0, 0.1) is 0 Å². The lowest BCUT2D eigenvalue weighted by molar-refractivity contribution is 0.0250. The molecule has 0 bridgehead atoms. The van der Waals surface area contributed by atoms with Crippen LogP contribution in [0.3, 0.4) is 0 Å². The van der Waals surface area contributed by atoms with Crippen LogP contribution >= 0.6 is 0 Å². The second-order valence-electron chi connectivity index (χ2n) is 5.14. The third kappa shape index (κ3) is 2.27. The number of fused-ring (bicyclic) bond motifs is 1. The average Bonchev–Trinajstić information content (AvgIpc) is 2.48. The van der Waals surface area contributed by atoms with E-state index in [0.29, 0.717) is 19.4 Å². The Morgan fingerprint density at radius 1 is 1.26 bits per heavy atom. The smallest absolute Gasteiger partial charge is 0.0803 e. The number of nitrogens with zero attached hydrogens (tertiary/aromatic N) is 3. The van der Waals surface area contributed by atoms with E-state index in [9.17, 15) is 5.11 Å². The number of anilines is 1. The number of hydrogen-bond donors (Lipinski definition) is 2. The minimum Gasteiger partial charge on any atom is -0.388 e. The molecule has 0 amide bonds. The van der Waals surface area contributed by atoms with Crippen molar-refractivity contribution >= 4 is 16.6 Å². The molecule has 0 radical (unpaired) electrons. The molecule has 3 heterocycles. The molecule has 19 heavy (non-hydrogen) atoms. The molecule has 0 aliphatic carbocycles. The van der Waals surface area contributed by atoms with Crippen molar-refractivity contribution < 1.29 is 5.11 Å². The first kappa shape index (κ1) is 12.3. The second kappa shape index (κ2) is 4.75. The zero-order chi connectivity index (χ0) is 13.3. The van der Waals surface area contributed by atoms with Crippen molar-refractivity contribution in [2.75, 3.05) is 24.5 Å². The van der Waals surface area contributed by atoms with Gasteiger partial charge in [0.2, 0.25) is 0 Å². The molecule has 0 spiro atoms. The van der Waals surface area contributed by atoms with Crippen LogP contribution in [0.5, 0.6) is 0 Å². The van der Waals surface area contributed by atoms with E-state index in [4.69, 9.17) is 5.73 Å². The summed E-state index contributed by atoms with van der Waals surface area (Å²) in [5, 5.41) is 11.2. The van der Waals surface area contributed by atoms with E-state index >= 15 is 0 Å². The van der Waals surface area contributed by atoms with E-state index in [0.717, 1.165) is 29.7 Å². The topological polar surface area (TPSA) is 75.3 Å². The molecule has 0 aromatic carbocycles. The van der Waals surface area contributed by atoms with Crippen LogP contribution in [0.15, 0.2) is 30.7 Å². The monoisotopic (exact) mass is 258 g/mol. The molecule has 1 saturated heterocycles. The van der Waals surface area contributed by atoms with Gasteiger partial charge < -0.3 is 15.7 Å². The molecule has 5 nitrogen and oxygen atoms in total. The maximum absolute atomic E-state index is 10.2. The van der Waals surface area contributed by atoms with Gasteiger partial charge in [-0.15, -0.1) is 0 Å². The standard InChI is InChI=1S/C14H18N4O/c15-10-14(19)3-7-18(8-4-14)13-2-6-17-12-1-5-16-9-11(12)13/h1-2,5-6,9,19H,3-4,7-8,10,15H2. The van der Waals surface area contributed by atoms with Crippen molar-refractivity contribution in [3.8, 4) is 0 Å². The van der Waals surface area contributed by atoms with Gasteiger partial charge in [0.1, 0.15) is 0 Å². The van der Waals surface area contributed by atoms with Crippen LogP contribution in [0.25, 0.3) is 10.9 Å². The molecule has 1 fully saturated rings. The SMILES string of the molecule is NCC1(O)CCN(c2ccnc3ccncc23)CC1. The molecular weight excluding hydrogens is 240 g/mol. The summed E-state index contributed by atoms with van der Waals surface area (Å²) in [7, 11) is 0. The maximum atomic E-state index is 10.2. The van der Waals surface area contributed by atoms with Crippen LogP contribution in [0.4, 0.5) is 5.69 Å². The van der Waals surface area contributed by atoms with Crippen molar-refractivity contribution in [3.63, 3.8) is 0 Å². The van der Waals surface area contributed by atoms with Crippen LogP contribution in [0.2, 0.25) is 0 Å². The fourth-order valence-electron chi connectivity index (χ4n) is 2.62. The summed E-state index contributed by atoms with van der Waals surface area (Å²) < 4.78 is 0. The van der Waals surface area contributed by atoms with E-state index < -0.39 is 5.60 Å². The normalized spacial score (nSPS) is 18.7. The predicted octanol–water partition coefficient (Wildman–Crippen LogP) is 0.920. The number of hydrogen-bond acceptors (Lipinski definition) is 5. The highest BCUT2D eigenvalue weighted by Gasteiger charge is 2.31. The summed E-state index contributed by atoms with van der Waals surface area (Å²) >= 11 is 0. The summed E-state index contributed by atoms with van der Waals surface area (Å²) in [4.78, 5) is 10.8. The number of aromatic nitrogens is 2. The Morgan fingerprint density at radius 3 is 2.79 bits per heavy atom. The van der Waals surface area contributed by atoms with E-state index in [-0.39, 0.29) is 0 Å². The van der Waals surface area contributed by atoms with Gasteiger partial charge in [0.25, 0.3) is 0 Å². The Kier molecular flexibility index (Phi) is 3.08. The van der Waals surface area contributed by atoms with E-state index in [2.05, 4.69) is 14.9 Å². The molecule has 0 saturated carbocycles. The molecular formula is C14H18N4O. The highest BCUT2D eigenvalue weighted by atomic mass is 16.3. The van der Waals surface area contributed by atoms with Crippen molar-refractivity contribution in [3.05, 3.63) is 30.7 Å². The maximum Gasteiger partial charge on any atom is 0.0803 e. The van der Waals surface area contributed by atoms with E-state index in [1.54, 1.807) is 6.20 Å². The number of rotatable bonds is 2. The predicted molar refractivity (Wildman–Crippen MR) is 75.0 cm³/mol. The first-order chi connectivity index (χ1) is 9.22. The molecule has 3 rings (SSSR count). The molecule has 2 aromatic rings. The van der Waals surface area contributed by atoms with Crippen LogP contribution < -0.4 is 10.6 Å². The highest BCUT2D eigenvalue weighted by Crippen LogP contribution is 2.29. The van der Waals surface area contributed by atoms with Gasteiger partial charge >= 0.3 is 0 Å².